The summed E-state index contributed by atoms with van der Waals surface area (Å²) in [4.78, 5) is 13.1. The number of rotatable bonds is 6. The molecule has 1 aliphatic heterocycles. The first-order valence-corrected chi connectivity index (χ1v) is 10.7. The summed E-state index contributed by atoms with van der Waals surface area (Å²) in [6.07, 6.45) is 3.33. The van der Waals surface area contributed by atoms with Crippen molar-refractivity contribution in [1.82, 2.24) is 15.6 Å². The van der Waals surface area contributed by atoms with Crippen molar-refractivity contribution < 1.29 is 0 Å². The average Bonchev–Trinajstić information content (AvgIpc) is 3.00. The fraction of sp³-hybridized carbons (Fsp3) is 0.524. The molecule has 2 N–H and O–H groups in total. The van der Waals surface area contributed by atoms with Gasteiger partial charge in [0.25, 0.3) is 0 Å². The number of nitrogens with zero attached hydrogens (tertiary/aromatic N) is 3. The first-order chi connectivity index (χ1) is 13.2. The van der Waals surface area contributed by atoms with Crippen molar-refractivity contribution in [3.63, 3.8) is 0 Å². The van der Waals surface area contributed by atoms with Crippen LogP contribution in [0, 0.1) is 13.8 Å². The summed E-state index contributed by atoms with van der Waals surface area (Å²) in [5, 5.41) is 8.19. The lowest BCUT2D eigenvalue weighted by molar-refractivity contribution is 0.468. The number of anilines is 1. The summed E-state index contributed by atoms with van der Waals surface area (Å²) in [5.74, 6) is 0.927. The van der Waals surface area contributed by atoms with E-state index in [-0.39, 0.29) is 24.0 Å². The number of nitrogens with one attached hydrogen (secondary N) is 2. The minimum absolute atomic E-state index is 0. The maximum absolute atomic E-state index is 4.81. The fourth-order valence-electron chi connectivity index (χ4n) is 3.56. The minimum Gasteiger partial charge on any atom is -0.369 e. The van der Waals surface area contributed by atoms with Gasteiger partial charge in [-0.25, -0.2) is 4.98 Å². The van der Waals surface area contributed by atoms with Crippen molar-refractivity contribution in [3.05, 3.63) is 45.9 Å². The number of thiazole rings is 1. The van der Waals surface area contributed by atoms with Gasteiger partial charge in [-0.15, -0.1) is 35.3 Å². The van der Waals surface area contributed by atoms with Gasteiger partial charge in [-0.2, -0.15) is 0 Å². The average molecular weight is 513 g/mol. The first kappa shape index (κ1) is 22.9. The lowest BCUT2D eigenvalue weighted by Crippen LogP contribution is -2.51. The molecule has 2 aromatic rings. The number of benzene rings is 1. The standard InChI is InChI=1S/C21H31N5S.HI/c1-4-22-21(23-13-12-20-16(2)24-17(3)27-20)25-18-9-8-14-26(15-18)19-10-6-5-7-11-19;/h5-7,10-11,18H,4,8-9,12-15H2,1-3H3,(H2,22,23,25);1H. The van der Waals surface area contributed by atoms with Crippen molar-refractivity contribution in [1.29, 1.82) is 0 Å². The molecule has 2 heterocycles. The van der Waals surface area contributed by atoms with Crippen molar-refractivity contribution in [2.45, 2.75) is 46.1 Å². The third kappa shape index (κ3) is 6.62. The SMILES string of the molecule is CCNC(=NCCc1sc(C)nc1C)NC1CCCN(c2ccccc2)C1.I. The molecule has 1 aromatic carbocycles. The van der Waals surface area contributed by atoms with Crippen LogP contribution in [0.1, 0.15) is 35.3 Å². The second kappa shape index (κ2) is 11.6. The molecule has 154 valence electrons. The second-order valence-electron chi connectivity index (χ2n) is 7.02. The summed E-state index contributed by atoms with van der Waals surface area (Å²) in [5.41, 5.74) is 2.46. The predicted octanol–water partition coefficient (Wildman–Crippen LogP) is 4.14. The fourth-order valence-corrected chi connectivity index (χ4v) is 4.48. The highest BCUT2D eigenvalue weighted by atomic mass is 127. The highest BCUT2D eigenvalue weighted by Crippen LogP contribution is 2.20. The van der Waals surface area contributed by atoms with Gasteiger partial charge >= 0.3 is 0 Å². The van der Waals surface area contributed by atoms with Crippen molar-refractivity contribution in [2.24, 2.45) is 4.99 Å². The maximum Gasteiger partial charge on any atom is 0.191 e. The van der Waals surface area contributed by atoms with Crippen molar-refractivity contribution >= 4 is 47.0 Å². The molecule has 0 aliphatic carbocycles. The normalized spacial score (nSPS) is 17.2. The number of piperidine rings is 1. The Labute approximate surface area is 190 Å². The molecule has 1 fully saturated rings. The number of halogens is 1. The molecule has 0 radical (unpaired) electrons. The van der Waals surface area contributed by atoms with Crippen LogP contribution in [0.5, 0.6) is 0 Å². The molecule has 7 heteroatoms. The first-order valence-electron chi connectivity index (χ1n) is 9.93. The van der Waals surface area contributed by atoms with Crippen LogP contribution >= 0.6 is 35.3 Å². The van der Waals surface area contributed by atoms with Crippen LogP contribution in [0.25, 0.3) is 0 Å². The number of aromatic nitrogens is 1. The molecule has 1 unspecified atom stereocenters. The van der Waals surface area contributed by atoms with Gasteiger partial charge in [0.05, 0.1) is 10.7 Å². The number of guanidine groups is 1. The van der Waals surface area contributed by atoms with E-state index >= 15 is 0 Å². The summed E-state index contributed by atoms with van der Waals surface area (Å²) in [6.45, 7) is 10.1. The predicted molar refractivity (Wildman–Crippen MR) is 131 cm³/mol. The molecule has 1 atom stereocenters. The molecule has 1 saturated heterocycles. The van der Waals surface area contributed by atoms with Gasteiger partial charge < -0.3 is 15.5 Å². The molecule has 0 amide bonds. The summed E-state index contributed by atoms with van der Waals surface area (Å²) in [7, 11) is 0. The van der Waals surface area contributed by atoms with Crippen molar-refractivity contribution in [2.75, 3.05) is 31.1 Å². The molecule has 0 bridgehead atoms. The van der Waals surface area contributed by atoms with Gasteiger partial charge in [-0.1, -0.05) is 18.2 Å². The summed E-state index contributed by atoms with van der Waals surface area (Å²) in [6, 6.07) is 11.1. The lowest BCUT2D eigenvalue weighted by Gasteiger charge is -2.35. The Balaban J connectivity index is 0.00000280. The molecule has 1 aromatic heterocycles. The van der Waals surface area contributed by atoms with Crippen molar-refractivity contribution in [3.8, 4) is 0 Å². The van der Waals surface area contributed by atoms with Crippen LogP contribution in [0.2, 0.25) is 0 Å². The van der Waals surface area contributed by atoms with Gasteiger partial charge in [0.15, 0.2) is 5.96 Å². The molecule has 0 spiro atoms. The molecule has 5 nitrogen and oxygen atoms in total. The topological polar surface area (TPSA) is 52.6 Å². The van der Waals surface area contributed by atoms with E-state index in [0.29, 0.717) is 6.04 Å². The molecule has 3 rings (SSSR count). The van der Waals surface area contributed by atoms with Gasteiger partial charge in [0.1, 0.15) is 0 Å². The van der Waals surface area contributed by atoms with Gasteiger partial charge in [0, 0.05) is 49.2 Å². The zero-order valence-electron chi connectivity index (χ0n) is 17.1. The second-order valence-corrected chi connectivity index (χ2v) is 8.30. The minimum atomic E-state index is 0. The third-order valence-electron chi connectivity index (χ3n) is 4.84. The Morgan fingerprint density at radius 2 is 2.07 bits per heavy atom. The Morgan fingerprint density at radius 3 is 2.75 bits per heavy atom. The Morgan fingerprint density at radius 1 is 1.29 bits per heavy atom. The van der Waals surface area contributed by atoms with Gasteiger partial charge in [0.2, 0.25) is 0 Å². The third-order valence-corrected chi connectivity index (χ3v) is 5.97. The maximum atomic E-state index is 4.81. The number of hydrogen-bond acceptors (Lipinski definition) is 4. The highest BCUT2D eigenvalue weighted by Gasteiger charge is 2.20. The monoisotopic (exact) mass is 513 g/mol. The van der Waals surface area contributed by atoms with E-state index in [9.17, 15) is 0 Å². The van der Waals surface area contributed by atoms with E-state index in [0.717, 1.165) is 49.3 Å². The summed E-state index contributed by atoms with van der Waals surface area (Å²) < 4.78 is 0. The molecule has 28 heavy (non-hydrogen) atoms. The molecular formula is C21H32IN5S. The van der Waals surface area contributed by atoms with E-state index in [1.807, 2.05) is 0 Å². The Bertz CT molecular complexity index is 747. The Kier molecular flexibility index (Phi) is 9.50. The van der Waals surface area contributed by atoms with Crippen LogP contribution in [-0.2, 0) is 6.42 Å². The van der Waals surface area contributed by atoms with Crippen LogP contribution in [-0.4, -0.2) is 43.2 Å². The van der Waals surface area contributed by atoms with Crippen LogP contribution < -0.4 is 15.5 Å². The summed E-state index contributed by atoms with van der Waals surface area (Å²) >= 11 is 1.79. The van der Waals surface area contributed by atoms with E-state index in [4.69, 9.17) is 4.99 Å². The van der Waals surface area contributed by atoms with E-state index in [1.54, 1.807) is 11.3 Å². The van der Waals surface area contributed by atoms with E-state index in [1.165, 1.54) is 23.4 Å². The van der Waals surface area contributed by atoms with Gasteiger partial charge in [-0.3, -0.25) is 4.99 Å². The van der Waals surface area contributed by atoms with Gasteiger partial charge in [-0.05, 0) is 45.7 Å². The smallest absolute Gasteiger partial charge is 0.191 e. The van der Waals surface area contributed by atoms with Crippen LogP contribution in [0.15, 0.2) is 35.3 Å². The number of aryl methyl sites for hydroxylation is 2. The zero-order valence-corrected chi connectivity index (χ0v) is 20.2. The molecule has 0 saturated carbocycles. The largest absolute Gasteiger partial charge is 0.369 e. The van der Waals surface area contributed by atoms with Crippen LogP contribution in [0.3, 0.4) is 0 Å². The number of hydrogen-bond donors (Lipinski definition) is 2. The zero-order chi connectivity index (χ0) is 19.1. The quantitative estimate of drug-likeness (QED) is 0.347. The number of aliphatic imine (C=N–C) groups is 1. The lowest BCUT2D eigenvalue weighted by atomic mass is 10.1. The van der Waals surface area contributed by atoms with E-state index in [2.05, 4.69) is 71.6 Å². The molecular weight excluding hydrogens is 481 g/mol. The molecule has 1 aliphatic rings. The van der Waals surface area contributed by atoms with Crippen LogP contribution in [0.4, 0.5) is 5.69 Å². The number of para-hydroxylation sites is 1. The Hall–Kier alpha value is -1.35. The highest BCUT2D eigenvalue weighted by molar-refractivity contribution is 14.0. The van der Waals surface area contributed by atoms with E-state index < -0.39 is 0 Å².